The lowest BCUT2D eigenvalue weighted by Crippen LogP contribution is -2.43. The van der Waals surface area contributed by atoms with Gasteiger partial charge in [0.1, 0.15) is 0 Å². The standard InChI is InChI=1S/C16H21N3O2S/c1-22(20,21)19-11-15-5-6-16(12-19)18(10-15)9-14-4-2-3-13(7-14)8-17/h2-4,7,15-16H,5-6,9-12H2,1H3/t15-,16-/m0/s1. The molecule has 4 rings (SSSR count). The highest BCUT2D eigenvalue weighted by Crippen LogP contribution is 2.30. The zero-order valence-electron chi connectivity index (χ0n) is 12.8. The molecule has 3 saturated heterocycles. The number of sulfonamides is 1. The molecule has 0 N–H and O–H groups in total. The van der Waals surface area contributed by atoms with Crippen LogP contribution in [0.15, 0.2) is 24.3 Å². The summed E-state index contributed by atoms with van der Waals surface area (Å²) in [5.74, 6) is 0.410. The minimum atomic E-state index is -3.12. The van der Waals surface area contributed by atoms with Gasteiger partial charge in [-0.15, -0.1) is 0 Å². The fraction of sp³-hybridized carbons (Fsp3) is 0.562. The summed E-state index contributed by atoms with van der Waals surface area (Å²) in [5, 5.41) is 9.01. The van der Waals surface area contributed by atoms with Gasteiger partial charge in [0.05, 0.1) is 17.9 Å². The summed E-state index contributed by atoms with van der Waals surface area (Å²) >= 11 is 0. The van der Waals surface area contributed by atoms with Crippen molar-refractivity contribution < 1.29 is 8.42 Å². The zero-order chi connectivity index (χ0) is 15.7. The maximum atomic E-state index is 11.9. The number of nitriles is 1. The van der Waals surface area contributed by atoms with E-state index < -0.39 is 10.0 Å². The van der Waals surface area contributed by atoms with E-state index in [0.717, 1.165) is 31.5 Å². The van der Waals surface area contributed by atoms with Crippen molar-refractivity contribution in [2.24, 2.45) is 5.92 Å². The van der Waals surface area contributed by atoms with Gasteiger partial charge in [-0.1, -0.05) is 12.1 Å². The fourth-order valence-corrected chi connectivity index (χ4v) is 4.50. The molecule has 1 aromatic carbocycles. The molecule has 3 aliphatic rings. The van der Waals surface area contributed by atoms with Crippen molar-refractivity contribution in [2.45, 2.75) is 25.4 Å². The van der Waals surface area contributed by atoms with Crippen LogP contribution in [0.1, 0.15) is 24.0 Å². The van der Waals surface area contributed by atoms with Gasteiger partial charge in [0.2, 0.25) is 10.0 Å². The highest BCUT2D eigenvalue weighted by Gasteiger charge is 2.37. The third kappa shape index (κ3) is 3.32. The Kier molecular flexibility index (Phi) is 4.22. The van der Waals surface area contributed by atoms with E-state index in [1.165, 1.54) is 6.26 Å². The average molecular weight is 319 g/mol. The molecule has 0 aliphatic carbocycles. The number of hydrogen-bond acceptors (Lipinski definition) is 4. The summed E-state index contributed by atoms with van der Waals surface area (Å²) in [7, 11) is -3.12. The first-order valence-electron chi connectivity index (χ1n) is 7.64. The molecule has 0 spiro atoms. The molecule has 0 amide bonds. The van der Waals surface area contributed by atoms with Gasteiger partial charge in [-0.3, -0.25) is 4.90 Å². The Morgan fingerprint density at radius 3 is 2.82 bits per heavy atom. The molecule has 0 saturated carbocycles. The van der Waals surface area contributed by atoms with Crippen LogP contribution in [-0.4, -0.2) is 49.6 Å². The number of benzene rings is 1. The largest absolute Gasteiger partial charge is 0.294 e. The molecule has 5 nitrogen and oxygen atoms in total. The van der Waals surface area contributed by atoms with Gasteiger partial charge >= 0.3 is 0 Å². The van der Waals surface area contributed by atoms with E-state index in [2.05, 4.69) is 11.0 Å². The summed E-state index contributed by atoms with van der Waals surface area (Å²) in [6.45, 7) is 2.96. The third-order valence-electron chi connectivity index (χ3n) is 4.70. The smallest absolute Gasteiger partial charge is 0.211 e. The van der Waals surface area contributed by atoms with Crippen molar-refractivity contribution >= 4 is 10.0 Å². The molecule has 3 fully saturated rings. The first-order valence-corrected chi connectivity index (χ1v) is 9.49. The van der Waals surface area contributed by atoms with Crippen LogP contribution >= 0.6 is 0 Å². The van der Waals surface area contributed by atoms with Crippen LogP contribution in [0.3, 0.4) is 0 Å². The lowest BCUT2D eigenvalue weighted by atomic mass is 9.94. The third-order valence-corrected chi connectivity index (χ3v) is 5.94. The molecule has 118 valence electrons. The quantitative estimate of drug-likeness (QED) is 0.845. The van der Waals surface area contributed by atoms with E-state index in [9.17, 15) is 8.42 Å². The van der Waals surface area contributed by atoms with Crippen molar-refractivity contribution in [2.75, 3.05) is 25.9 Å². The minimum absolute atomic E-state index is 0.277. The average Bonchev–Trinajstić information content (AvgIpc) is 2.79. The Morgan fingerprint density at radius 1 is 1.27 bits per heavy atom. The summed E-state index contributed by atoms with van der Waals surface area (Å²) in [6.07, 6.45) is 3.46. The molecule has 2 atom stereocenters. The van der Waals surface area contributed by atoms with Crippen LogP contribution in [0.5, 0.6) is 0 Å². The van der Waals surface area contributed by atoms with Crippen molar-refractivity contribution in [3.05, 3.63) is 35.4 Å². The first kappa shape index (κ1) is 15.5. The molecular formula is C16H21N3O2S. The predicted octanol–water partition coefficient (Wildman–Crippen LogP) is 1.41. The number of rotatable bonds is 3. The van der Waals surface area contributed by atoms with E-state index in [4.69, 9.17) is 5.26 Å². The lowest BCUT2D eigenvalue weighted by Gasteiger charge is -2.36. The highest BCUT2D eigenvalue weighted by molar-refractivity contribution is 7.88. The number of piperidine rings is 1. The second-order valence-electron chi connectivity index (χ2n) is 6.42. The van der Waals surface area contributed by atoms with Crippen LogP contribution in [0.25, 0.3) is 0 Å². The van der Waals surface area contributed by atoms with Gasteiger partial charge in [-0.2, -0.15) is 5.26 Å². The predicted molar refractivity (Wildman–Crippen MR) is 84.5 cm³/mol. The molecule has 0 aromatic heterocycles. The van der Waals surface area contributed by atoms with E-state index >= 15 is 0 Å². The normalized spacial score (nSPS) is 26.5. The van der Waals surface area contributed by atoms with Crippen LogP contribution < -0.4 is 0 Å². The van der Waals surface area contributed by atoms with Crippen LogP contribution in [0.2, 0.25) is 0 Å². The number of nitrogens with zero attached hydrogens (tertiary/aromatic N) is 3. The zero-order valence-corrected chi connectivity index (χ0v) is 13.6. The number of hydrogen-bond donors (Lipinski definition) is 0. The summed E-state index contributed by atoms with van der Waals surface area (Å²) in [6, 6.07) is 10.1. The SMILES string of the molecule is CS(=O)(=O)N1C[C@H]2CC[C@@H](C1)N(Cc1cccc(C#N)c1)C2. The molecule has 0 radical (unpaired) electrons. The molecule has 3 heterocycles. The Hall–Kier alpha value is -1.42. The molecule has 0 unspecified atom stereocenters. The van der Waals surface area contributed by atoms with Crippen LogP contribution in [0, 0.1) is 17.2 Å². The Bertz CT molecular complexity index is 696. The van der Waals surface area contributed by atoms with Crippen LogP contribution in [0.4, 0.5) is 0 Å². The fourth-order valence-electron chi connectivity index (χ4n) is 3.57. The van der Waals surface area contributed by atoms with Crippen molar-refractivity contribution in [3.63, 3.8) is 0 Å². The molecule has 1 aromatic rings. The molecule has 3 aliphatic heterocycles. The topological polar surface area (TPSA) is 64.4 Å². The molecule has 2 bridgehead atoms. The molecule has 22 heavy (non-hydrogen) atoms. The summed E-state index contributed by atoms with van der Waals surface area (Å²) < 4.78 is 25.4. The minimum Gasteiger partial charge on any atom is -0.294 e. The van der Waals surface area contributed by atoms with Gasteiger partial charge in [0.25, 0.3) is 0 Å². The molecule has 6 heteroatoms. The van der Waals surface area contributed by atoms with Crippen molar-refractivity contribution in [3.8, 4) is 6.07 Å². The maximum absolute atomic E-state index is 11.9. The van der Waals surface area contributed by atoms with Gasteiger partial charge in [-0.25, -0.2) is 12.7 Å². The van der Waals surface area contributed by atoms with Gasteiger partial charge in [-0.05, 0) is 36.5 Å². The first-order chi connectivity index (χ1) is 10.5. The van der Waals surface area contributed by atoms with Crippen molar-refractivity contribution in [1.29, 1.82) is 5.26 Å². The lowest BCUT2D eigenvalue weighted by molar-refractivity contribution is 0.125. The van der Waals surface area contributed by atoms with Gasteiger partial charge < -0.3 is 0 Å². The van der Waals surface area contributed by atoms with Crippen molar-refractivity contribution in [1.82, 2.24) is 9.21 Å². The Labute approximate surface area is 132 Å². The summed E-state index contributed by atoms with van der Waals surface area (Å²) in [4.78, 5) is 2.38. The van der Waals surface area contributed by atoms with E-state index in [1.807, 2.05) is 24.3 Å². The van der Waals surface area contributed by atoms with E-state index in [-0.39, 0.29) is 6.04 Å². The maximum Gasteiger partial charge on any atom is 0.211 e. The summed E-state index contributed by atoms with van der Waals surface area (Å²) in [5.41, 5.74) is 1.80. The van der Waals surface area contributed by atoms with E-state index in [1.54, 1.807) is 4.31 Å². The Balaban J connectivity index is 1.77. The van der Waals surface area contributed by atoms with Gasteiger partial charge in [0.15, 0.2) is 0 Å². The van der Waals surface area contributed by atoms with Crippen LogP contribution in [-0.2, 0) is 16.6 Å². The second kappa shape index (κ2) is 5.99. The number of fused-ring (bicyclic) bond motifs is 4. The Morgan fingerprint density at radius 2 is 2.09 bits per heavy atom. The van der Waals surface area contributed by atoms with E-state index in [0.29, 0.717) is 24.6 Å². The molecular weight excluding hydrogens is 298 g/mol. The highest BCUT2D eigenvalue weighted by atomic mass is 32.2. The second-order valence-corrected chi connectivity index (χ2v) is 8.40. The van der Waals surface area contributed by atoms with Gasteiger partial charge in [0, 0.05) is 32.2 Å². The monoisotopic (exact) mass is 319 g/mol.